The predicted molar refractivity (Wildman–Crippen MR) is 87.6 cm³/mol. The van der Waals surface area contributed by atoms with E-state index >= 15 is 0 Å². The lowest BCUT2D eigenvalue weighted by atomic mass is 10.1. The van der Waals surface area contributed by atoms with Crippen LogP contribution >= 0.6 is 0 Å². The molecule has 1 atom stereocenters. The first-order valence-corrected chi connectivity index (χ1v) is 7.71. The number of amides is 1. The molecule has 1 aliphatic heterocycles. The van der Waals surface area contributed by atoms with Crippen molar-refractivity contribution < 1.29 is 18.3 Å². The van der Waals surface area contributed by atoms with Gasteiger partial charge in [-0.15, -0.1) is 0 Å². The minimum absolute atomic E-state index is 0.0685. The van der Waals surface area contributed by atoms with Gasteiger partial charge in [-0.25, -0.2) is 9.67 Å². The number of anilines is 1. The number of carbonyl (C=O) groups excluding carboxylic acids is 1. The standard InChI is InChI=1S/C16H17F2N5O2/c17-15(18)23-8-7-13(22-23)14(24)20-11-4-1-10(2-5-11)3-6-12-9-25-16(19)21-12/h1-2,4-5,7-8,12,15H,3,6,9H2,(H2,19,21)(H,20,24)/t12-/m0/s1. The fourth-order valence-corrected chi connectivity index (χ4v) is 2.43. The molecular formula is C16H17F2N5O2. The van der Waals surface area contributed by atoms with Crippen molar-refractivity contribution in [3.63, 3.8) is 0 Å². The van der Waals surface area contributed by atoms with E-state index in [0.717, 1.165) is 24.6 Å². The fourth-order valence-electron chi connectivity index (χ4n) is 2.43. The molecule has 2 heterocycles. The largest absolute Gasteiger partial charge is 0.463 e. The Morgan fingerprint density at radius 2 is 2.12 bits per heavy atom. The Morgan fingerprint density at radius 3 is 2.72 bits per heavy atom. The summed E-state index contributed by atoms with van der Waals surface area (Å²) in [6.07, 6.45) is 2.68. The predicted octanol–water partition coefficient (Wildman–Crippen LogP) is 2.18. The van der Waals surface area contributed by atoms with E-state index in [4.69, 9.17) is 10.5 Å². The van der Waals surface area contributed by atoms with Crippen LogP contribution < -0.4 is 11.1 Å². The molecule has 25 heavy (non-hydrogen) atoms. The maximum atomic E-state index is 12.5. The van der Waals surface area contributed by atoms with E-state index in [1.807, 2.05) is 12.1 Å². The zero-order chi connectivity index (χ0) is 17.8. The molecule has 0 bridgehead atoms. The number of nitrogens with two attached hydrogens (primary N) is 1. The molecule has 0 radical (unpaired) electrons. The third-order valence-electron chi connectivity index (χ3n) is 3.75. The second kappa shape index (κ2) is 7.29. The molecule has 1 amide bonds. The van der Waals surface area contributed by atoms with Crippen LogP contribution in [0.2, 0.25) is 0 Å². The van der Waals surface area contributed by atoms with Crippen molar-refractivity contribution >= 4 is 17.6 Å². The van der Waals surface area contributed by atoms with Gasteiger partial charge in [0.1, 0.15) is 6.61 Å². The van der Waals surface area contributed by atoms with Crippen LogP contribution in [0, 0.1) is 0 Å². The Bertz CT molecular complexity index is 773. The molecule has 0 fully saturated rings. The number of halogens is 2. The molecular weight excluding hydrogens is 332 g/mol. The molecule has 132 valence electrons. The number of aryl methyl sites for hydroxylation is 1. The van der Waals surface area contributed by atoms with Crippen molar-refractivity contribution in [2.45, 2.75) is 25.4 Å². The average Bonchev–Trinajstić information content (AvgIpc) is 3.23. The summed E-state index contributed by atoms with van der Waals surface area (Å²) in [4.78, 5) is 16.2. The molecule has 0 saturated carbocycles. The number of carbonyl (C=O) groups is 1. The van der Waals surface area contributed by atoms with Gasteiger partial charge in [-0.1, -0.05) is 12.1 Å². The monoisotopic (exact) mass is 349 g/mol. The first kappa shape index (κ1) is 16.9. The van der Waals surface area contributed by atoms with E-state index in [2.05, 4.69) is 15.4 Å². The van der Waals surface area contributed by atoms with E-state index in [0.29, 0.717) is 17.0 Å². The number of alkyl halides is 2. The number of rotatable bonds is 6. The van der Waals surface area contributed by atoms with Crippen molar-refractivity contribution in [1.29, 1.82) is 0 Å². The highest BCUT2D eigenvalue weighted by atomic mass is 19.3. The van der Waals surface area contributed by atoms with Crippen molar-refractivity contribution in [3.05, 3.63) is 47.8 Å². The second-order valence-corrected chi connectivity index (χ2v) is 5.58. The fraction of sp³-hybridized carbons (Fsp3) is 0.312. The number of nitrogens with zero attached hydrogens (tertiary/aromatic N) is 3. The summed E-state index contributed by atoms with van der Waals surface area (Å²) in [5, 5.41) is 6.15. The van der Waals surface area contributed by atoms with Gasteiger partial charge in [0.05, 0.1) is 6.04 Å². The molecule has 2 aromatic rings. The van der Waals surface area contributed by atoms with E-state index < -0.39 is 12.5 Å². The van der Waals surface area contributed by atoms with E-state index in [1.165, 1.54) is 6.07 Å². The van der Waals surface area contributed by atoms with Crippen LogP contribution in [0.1, 0.15) is 29.0 Å². The topological polar surface area (TPSA) is 94.5 Å². The van der Waals surface area contributed by atoms with Crippen molar-refractivity contribution in [2.75, 3.05) is 11.9 Å². The van der Waals surface area contributed by atoms with Gasteiger partial charge < -0.3 is 15.8 Å². The van der Waals surface area contributed by atoms with Crippen LogP contribution in [0.3, 0.4) is 0 Å². The Balaban J connectivity index is 1.54. The van der Waals surface area contributed by atoms with Crippen molar-refractivity contribution in [1.82, 2.24) is 9.78 Å². The molecule has 1 aliphatic rings. The zero-order valence-electron chi connectivity index (χ0n) is 13.2. The van der Waals surface area contributed by atoms with Crippen LogP contribution in [0.4, 0.5) is 14.5 Å². The summed E-state index contributed by atoms with van der Waals surface area (Å²) in [6, 6.07) is 8.82. The van der Waals surface area contributed by atoms with Gasteiger partial charge in [-0.2, -0.15) is 13.9 Å². The lowest BCUT2D eigenvalue weighted by molar-refractivity contribution is 0.0561. The molecule has 0 saturated heterocycles. The highest BCUT2D eigenvalue weighted by Crippen LogP contribution is 2.16. The number of ether oxygens (including phenoxy) is 1. The number of hydrogen-bond donors (Lipinski definition) is 2. The Labute approximate surface area is 142 Å². The number of nitrogens with one attached hydrogen (secondary N) is 1. The molecule has 9 heteroatoms. The Kier molecular flexibility index (Phi) is 4.92. The number of benzene rings is 1. The van der Waals surface area contributed by atoms with Crippen LogP contribution in [0.25, 0.3) is 0 Å². The summed E-state index contributed by atoms with van der Waals surface area (Å²) in [6.45, 7) is -2.27. The van der Waals surface area contributed by atoms with Crippen LogP contribution in [0.5, 0.6) is 0 Å². The average molecular weight is 349 g/mol. The normalized spacial score (nSPS) is 16.6. The van der Waals surface area contributed by atoms with Gasteiger partial charge in [0.2, 0.25) is 0 Å². The minimum Gasteiger partial charge on any atom is -0.463 e. The van der Waals surface area contributed by atoms with Crippen LogP contribution in [-0.4, -0.2) is 34.4 Å². The lowest BCUT2D eigenvalue weighted by Gasteiger charge is -2.07. The molecule has 3 N–H and O–H groups in total. The maximum absolute atomic E-state index is 12.5. The smallest absolute Gasteiger partial charge is 0.333 e. The van der Waals surface area contributed by atoms with E-state index in [-0.39, 0.29) is 17.8 Å². The summed E-state index contributed by atoms with van der Waals surface area (Å²) in [5.41, 5.74) is 7.04. The highest BCUT2D eigenvalue weighted by molar-refractivity contribution is 6.02. The number of amidine groups is 1. The van der Waals surface area contributed by atoms with Gasteiger partial charge >= 0.3 is 6.55 Å². The van der Waals surface area contributed by atoms with Gasteiger partial charge in [0, 0.05) is 11.9 Å². The summed E-state index contributed by atoms with van der Waals surface area (Å²) in [7, 11) is 0. The van der Waals surface area contributed by atoms with Crippen LogP contribution in [-0.2, 0) is 11.2 Å². The van der Waals surface area contributed by atoms with Crippen LogP contribution in [0.15, 0.2) is 41.5 Å². The molecule has 3 rings (SSSR count). The lowest BCUT2D eigenvalue weighted by Crippen LogP contribution is -2.13. The van der Waals surface area contributed by atoms with Gasteiger partial charge in [0.15, 0.2) is 5.69 Å². The SMILES string of the molecule is NC1=N[C@@H](CCc2ccc(NC(=O)c3ccn(C(F)F)n3)cc2)CO1. The summed E-state index contributed by atoms with van der Waals surface area (Å²) < 4.78 is 30.5. The van der Waals surface area contributed by atoms with Crippen molar-refractivity contribution in [2.24, 2.45) is 10.7 Å². The number of aromatic nitrogens is 2. The molecule has 0 unspecified atom stereocenters. The maximum Gasteiger partial charge on any atom is 0.333 e. The number of hydrogen-bond acceptors (Lipinski definition) is 5. The van der Waals surface area contributed by atoms with E-state index in [1.54, 1.807) is 12.1 Å². The quantitative estimate of drug-likeness (QED) is 0.836. The molecule has 7 nitrogen and oxygen atoms in total. The Hall–Kier alpha value is -2.97. The first-order chi connectivity index (χ1) is 12.0. The van der Waals surface area contributed by atoms with Crippen molar-refractivity contribution in [3.8, 4) is 0 Å². The molecule has 1 aromatic heterocycles. The zero-order valence-corrected chi connectivity index (χ0v) is 13.2. The highest BCUT2D eigenvalue weighted by Gasteiger charge is 2.16. The van der Waals surface area contributed by atoms with Gasteiger partial charge in [0.25, 0.3) is 11.9 Å². The van der Waals surface area contributed by atoms with Gasteiger partial charge in [-0.3, -0.25) is 4.79 Å². The second-order valence-electron chi connectivity index (χ2n) is 5.58. The van der Waals surface area contributed by atoms with E-state index in [9.17, 15) is 13.6 Å². The molecule has 0 spiro atoms. The minimum atomic E-state index is -2.77. The summed E-state index contributed by atoms with van der Waals surface area (Å²) in [5.74, 6) is -0.542. The first-order valence-electron chi connectivity index (χ1n) is 7.71. The third-order valence-corrected chi connectivity index (χ3v) is 3.75. The summed E-state index contributed by atoms with van der Waals surface area (Å²) >= 11 is 0. The molecule has 1 aromatic carbocycles. The third kappa shape index (κ3) is 4.31. The molecule has 0 aliphatic carbocycles. The van der Waals surface area contributed by atoms with Gasteiger partial charge in [-0.05, 0) is 36.6 Å². The Morgan fingerprint density at radius 1 is 1.36 bits per heavy atom. The number of aliphatic imine (C=N–C) groups is 1.